The van der Waals surface area contributed by atoms with Gasteiger partial charge in [-0.05, 0) is 17.7 Å². The van der Waals surface area contributed by atoms with E-state index < -0.39 is 29.4 Å². The van der Waals surface area contributed by atoms with Crippen LogP contribution in [0.15, 0.2) is 21.4 Å². The van der Waals surface area contributed by atoms with Gasteiger partial charge < -0.3 is 15.7 Å². The molecule has 0 saturated heterocycles. The van der Waals surface area contributed by atoms with Crippen molar-refractivity contribution in [2.75, 3.05) is 0 Å². The average molecular weight is 360 g/mol. The minimum Gasteiger partial charge on any atom is -0.319 e. The van der Waals surface area contributed by atoms with Gasteiger partial charge in [0.25, 0.3) is 0 Å². The minimum absolute atomic E-state index is 0.0586. The smallest absolute Gasteiger partial charge is 0.319 e. The van der Waals surface area contributed by atoms with Gasteiger partial charge in [-0.25, -0.2) is 4.79 Å². The van der Waals surface area contributed by atoms with Gasteiger partial charge in [-0.2, -0.15) is 22.0 Å². The molecule has 0 aliphatic rings. The van der Waals surface area contributed by atoms with Crippen molar-refractivity contribution in [2.45, 2.75) is 18.1 Å². The summed E-state index contributed by atoms with van der Waals surface area (Å²) in [6.45, 7) is 0. The highest BCUT2D eigenvalue weighted by molar-refractivity contribution is 9.10. The Hall–Kier alpha value is -1.42. The summed E-state index contributed by atoms with van der Waals surface area (Å²) >= 11 is 2.87. The Morgan fingerprint density at radius 3 is 2.10 bits per heavy atom. The Kier molecular flexibility index (Phi) is 3.41. The van der Waals surface area contributed by atoms with Crippen molar-refractivity contribution in [3.63, 3.8) is 0 Å². The lowest BCUT2D eigenvalue weighted by molar-refractivity contribution is -0.291. The summed E-state index contributed by atoms with van der Waals surface area (Å²) < 4.78 is 63.4. The van der Waals surface area contributed by atoms with E-state index in [4.69, 9.17) is 5.73 Å². The largest absolute Gasteiger partial charge is 0.455 e. The number of rotatable bonds is 2. The lowest BCUT2D eigenvalue weighted by Gasteiger charge is -2.26. The van der Waals surface area contributed by atoms with E-state index in [1.165, 1.54) is 6.07 Å². The minimum atomic E-state index is -5.77. The molecule has 20 heavy (non-hydrogen) atoms. The summed E-state index contributed by atoms with van der Waals surface area (Å²) in [5.74, 6) is -5.10. The predicted molar refractivity (Wildman–Crippen MR) is 64.5 cm³/mol. The Bertz CT molecular complexity index is 705. The molecule has 0 radical (unpaired) electrons. The van der Waals surface area contributed by atoms with Crippen LogP contribution >= 0.6 is 15.9 Å². The van der Waals surface area contributed by atoms with Crippen LogP contribution in [0.25, 0.3) is 11.0 Å². The van der Waals surface area contributed by atoms with E-state index in [2.05, 4.69) is 25.9 Å². The van der Waals surface area contributed by atoms with E-state index in [-0.39, 0.29) is 15.5 Å². The second-order valence-electron chi connectivity index (χ2n) is 4.10. The first-order chi connectivity index (χ1) is 9.04. The van der Waals surface area contributed by atoms with Gasteiger partial charge >= 0.3 is 17.8 Å². The van der Waals surface area contributed by atoms with Gasteiger partial charge in [-0.1, -0.05) is 15.9 Å². The van der Waals surface area contributed by atoms with E-state index >= 15 is 0 Å². The number of aromatic amines is 2. The molecule has 1 heterocycles. The Balaban J connectivity index is 2.57. The number of nitrogens with two attached hydrogens (primary N) is 1. The summed E-state index contributed by atoms with van der Waals surface area (Å²) in [5, 5.41) is 0. The molecule has 0 amide bonds. The van der Waals surface area contributed by atoms with Crippen LogP contribution in [0, 0.1) is 0 Å². The molecule has 0 aliphatic carbocycles. The number of hydrogen-bond donors (Lipinski definition) is 3. The molecule has 1 unspecified atom stereocenters. The highest BCUT2D eigenvalue weighted by Gasteiger charge is 2.62. The Labute approximate surface area is 116 Å². The highest BCUT2D eigenvalue weighted by atomic mass is 79.9. The SMILES string of the molecule is NC(c1cc2[nH]c(=O)[nH]c2cc1Br)C(F)(F)C(F)(F)F. The molecule has 2 rings (SSSR count). The number of imidazole rings is 1. The molecule has 0 fully saturated rings. The van der Waals surface area contributed by atoms with Gasteiger partial charge in [0.1, 0.15) is 6.04 Å². The summed E-state index contributed by atoms with van der Waals surface area (Å²) in [5.41, 5.74) is 4.32. The van der Waals surface area contributed by atoms with Crippen LogP contribution in [0.5, 0.6) is 0 Å². The first kappa shape index (κ1) is 15.0. The number of fused-ring (bicyclic) bond motifs is 1. The number of nitrogens with one attached hydrogen (secondary N) is 2. The molecule has 1 aromatic carbocycles. The van der Waals surface area contributed by atoms with Crippen LogP contribution in [0.3, 0.4) is 0 Å². The van der Waals surface area contributed by atoms with Crippen LogP contribution in [0.1, 0.15) is 11.6 Å². The van der Waals surface area contributed by atoms with Crippen LogP contribution in [0.4, 0.5) is 22.0 Å². The number of hydrogen-bond acceptors (Lipinski definition) is 2. The fourth-order valence-corrected chi connectivity index (χ4v) is 2.27. The topological polar surface area (TPSA) is 74.7 Å². The zero-order valence-electron chi connectivity index (χ0n) is 9.49. The lowest BCUT2D eigenvalue weighted by Crippen LogP contribution is -2.46. The molecule has 0 bridgehead atoms. The number of H-pyrrole nitrogens is 2. The van der Waals surface area contributed by atoms with Crippen LogP contribution in [0.2, 0.25) is 0 Å². The second kappa shape index (κ2) is 4.55. The van der Waals surface area contributed by atoms with Gasteiger partial charge in [0.2, 0.25) is 0 Å². The Morgan fingerprint density at radius 2 is 1.60 bits per heavy atom. The zero-order valence-corrected chi connectivity index (χ0v) is 11.1. The maximum atomic E-state index is 13.2. The molecule has 0 saturated carbocycles. The monoisotopic (exact) mass is 359 g/mol. The van der Waals surface area contributed by atoms with Gasteiger partial charge in [0, 0.05) is 4.47 Å². The summed E-state index contributed by atoms with van der Waals surface area (Å²) in [6.07, 6.45) is -5.77. The lowest BCUT2D eigenvalue weighted by atomic mass is 10.0. The highest BCUT2D eigenvalue weighted by Crippen LogP contribution is 2.45. The maximum Gasteiger partial charge on any atom is 0.455 e. The van der Waals surface area contributed by atoms with Crippen molar-refractivity contribution in [1.82, 2.24) is 9.97 Å². The third-order valence-corrected chi connectivity index (χ3v) is 3.42. The Morgan fingerprint density at radius 1 is 1.10 bits per heavy atom. The van der Waals surface area contributed by atoms with Crippen molar-refractivity contribution >= 4 is 27.0 Å². The second-order valence-corrected chi connectivity index (χ2v) is 4.95. The third-order valence-electron chi connectivity index (χ3n) is 2.74. The molecule has 4 nitrogen and oxygen atoms in total. The molecular formula is C10H7BrF5N3O. The average Bonchev–Trinajstić information content (AvgIpc) is 2.64. The molecule has 1 atom stereocenters. The third kappa shape index (κ3) is 2.33. The molecule has 0 spiro atoms. The van der Waals surface area contributed by atoms with E-state index in [0.29, 0.717) is 0 Å². The fraction of sp³-hybridized carbons (Fsp3) is 0.300. The summed E-state index contributed by atoms with van der Waals surface area (Å²) in [6, 6.07) is -0.420. The molecule has 4 N–H and O–H groups in total. The van der Waals surface area contributed by atoms with Crippen molar-refractivity contribution in [3.05, 3.63) is 32.7 Å². The fourth-order valence-electron chi connectivity index (χ4n) is 1.68. The summed E-state index contributed by atoms with van der Waals surface area (Å²) in [4.78, 5) is 15.7. The summed E-state index contributed by atoms with van der Waals surface area (Å²) in [7, 11) is 0. The van der Waals surface area contributed by atoms with E-state index in [0.717, 1.165) is 6.07 Å². The number of halogens is 6. The van der Waals surface area contributed by atoms with E-state index in [1.54, 1.807) is 0 Å². The number of aromatic nitrogens is 2. The molecule has 0 aliphatic heterocycles. The van der Waals surface area contributed by atoms with Crippen molar-refractivity contribution in [2.24, 2.45) is 5.73 Å². The van der Waals surface area contributed by atoms with Gasteiger partial charge in [0.15, 0.2) is 0 Å². The van der Waals surface area contributed by atoms with Crippen molar-refractivity contribution in [1.29, 1.82) is 0 Å². The zero-order chi connectivity index (χ0) is 15.3. The predicted octanol–water partition coefficient (Wildman–Crippen LogP) is 2.82. The molecule has 2 aromatic rings. The van der Waals surface area contributed by atoms with Crippen LogP contribution < -0.4 is 11.4 Å². The van der Waals surface area contributed by atoms with E-state index in [9.17, 15) is 26.7 Å². The van der Waals surface area contributed by atoms with Crippen LogP contribution in [-0.2, 0) is 0 Å². The molecule has 110 valence electrons. The maximum absolute atomic E-state index is 13.2. The first-order valence-corrected chi connectivity index (χ1v) is 5.95. The van der Waals surface area contributed by atoms with Gasteiger partial charge in [-0.15, -0.1) is 0 Å². The number of benzene rings is 1. The molecule has 10 heteroatoms. The van der Waals surface area contributed by atoms with E-state index in [1.807, 2.05) is 0 Å². The van der Waals surface area contributed by atoms with Crippen molar-refractivity contribution in [3.8, 4) is 0 Å². The van der Waals surface area contributed by atoms with Crippen molar-refractivity contribution < 1.29 is 22.0 Å². The molecular weight excluding hydrogens is 353 g/mol. The quantitative estimate of drug-likeness (QED) is 0.721. The number of alkyl halides is 5. The first-order valence-electron chi connectivity index (χ1n) is 5.15. The van der Waals surface area contributed by atoms with Gasteiger partial charge in [-0.3, -0.25) is 0 Å². The van der Waals surface area contributed by atoms with Gasteiger partial charge in [0.05, 0.1) is 11.0 Å². The normalized spacial score (nSPS) is 14.8. The van der Waals surface area contributed by atoms with Crippen LogP contribution in [-0.4, -0.2) is 22.1 Å². The standard InChI is InChI=1S/C10H7BrF5N3O/c11-4-2-6-5(18-8(20)19-6)1-3(4)7(17)9(12,13)10(14,15)16/h1-2,7H,17H2,(H2,18,19,20). The molecule has 1 aromatic heterocycles.